The molecule has 154 valence electrons. The van der Waals surface area contributed by atoms with Crippen LogP contribution >= 0.6 is 0 Å². The summed E-state index contributed by atoms with van der Waals surface area (Å²) in [4.78, 5) is 14.7. The molecule has 1 aliphatic carbocycles. The molecule has 0 aromatic heterocycles. The third kappa shape index (κ3) is 3.57. The maximum Gasteiger partial charge on any atom is 0.319 e. The third-order valence-corrected chi connectivity index (χ3v) is 6.96. The number of anilines is 1. The molecular formula is C23H28FN3O2. The highest BCUT2D eigenvalue weighted by Crippen LogP contribution is 2.51. The zero-order valence-electron chi connectivity index (χ0n) is 16.9. The molecule has 2 bridgehead atoms. The summed E-state index contributed by atoms with van der Waals surface area (Å²) >= 11 is 0. The Hall–Kier alpha value is -2.60. The molecule has 2 aliphatic rings. The van der Waals surface area contributed by atoms with Gasteiger partial charge in [-0.15, -0.1) is 0 Å². The molecule has 3 N–H and O–H groups in total. The zero-order valence-corrected chi connectivity index (χ0v) is 16.9. The van der Waals surface area contributed by atoms with Gasteiger partial charge in [0.15, 0.2) is 0 Å². The number of halogens is 1. The molecule has 0 spiro atoms. The number of nitrogens with one attached hydrogen (secondary N) is 2. The van der Waals surface area contributed by atoms with Gasteiger partial charge >= 0.3 is 6.03 Å². The van der Waals surface area contributed by atoms with Crippen LogP contribution in [0, 0.1) is 11.7 Å². The molecule has 2 aromatic rings. The summed E-state index contributed by atoms with van der Waals surface area (Å²) in [6.45, 7) is 3.76. The summed E-state index contributed by atoms with van der Waals surface area (Å²) in [5.74, 6) is 0.245. The molecule has 2 aromatic carbocycles. The highest BCUT2D eigenvalue weighted by Gasteiger charge is 2.50. The van der Waals surface area contributed by atoms with E-state index < -0.39 is 11.8 Å². The van der Waals surface area contributed by atoms with Crippen LogP contribution in [-0.2, 0) is 11.8 Å². The van der Waals surface area contributed by atoms with Gasteiger partial charge in [-0.2, -0.15) is 0 Å². The van der Waals surface area contributed by atoms with Gasteiger partial charge in [-0.1, -0.05) is 25.1 Å². The highest BCUT2D eigenvalue weighted by atomic mass is 19.1. The van der Waals surface area contributed by atoms with Crippen LogP contribution in [0.4, 0.5) is 14.9 Å². The second kappa shape index (κ2) is 7.67. The summed E-state index contributed by atoms with van der Waals surface area (Å²) in [7, 11) is 2.18. The largest absolute Gasteiger partial charge is 0.508 e. The van der Waals surface area contributed by atoms with Crippen molar-refractivity contribution in [1.29, 1.82) is 0 Å². The molecule has 0 saturated carbocycles. The predicted molar refractivity (Wildman–Crippen MR) is 112 cm³/mol. The number of likely N-dealkylation sites (N-methyl/N-ethyl adjacent to an activating group) is 1. The number of hydrogen-bond acceptors (Lipinski definition) is 3. The maximum atomic E-state index is 13.7. The van der Waals surface area contributed by atoms with Crippen molar-refractivity contribution in [3.05, 3.63) is 59.4 Å². The number of hydrogen-bond donors (Lipinski definition) is 3. The van der Waals surface area contributed by atoms with Crippen molar-refractivity contribution < 1.29 is 14.3 Å². The van der Waals surface area contributed by atoms with Crippen molar-refractivity contribution >= 4 is 11.7 Å². The van der Waals surface area contributed by atoms with Gasteiger partial charge in [0.25, 0.3) is 0 Å². The summed E-state index contributed by atoms with van der Waals surface area (Å²) in [5, 5.41) is 15.6. The van der Waals surface area contributed by atoms with Crippen LogP contribution in [0.3, 0.4) is 0 Å². The van der Waals surface area contributed by atoms with E-state index in [1.165, 1.54) is 23.3 Å². The van der Waals surface area contributed by atoms with E-state index in [-0.39, 0.29) is 16.9 Å². The van der Waals surface area contributed by atoms with Crippen LogP contribution in [-0.4, -0.2) is 42.2 Å². The molecule has 5 nitrogen and oxygen atoms in total. The van der Waals surface area contributed by atoms with Crippen molar-refractivity contribution in [3.63, 3.8) is 0 Å². The van der Waals surface area contributed by atoms with Gasteiger partial charge in [0.2, 0.25) is 0 Å². The van der Waals surface area contributed by atoms with Crippen molar-refractivity contribution in [2.75, 3.05) is 25.5 Å². The summed E-state index contributed by atoms with van der Waals surface area (Å²) in [6.07, 6.45) is 2.74. The van der Waals surface area contributed by atoms with Crippen LogP contribution in [0.25, 0.3) is 0 Å². The lowest BCUT2D eigenvalue weighted by Crippen LogP contribution is -2.58. The number of carbonyl (C=O) groups excluding carboxylic acids is 1. The van der Waals surface area contributed by atoms with Gasteiger partial charge in [0.1, 0.15) is 11.6 Å². The number of urea groups is 1. The number of piperidine rings is 1. The Labute approximate surface area is 170 Å². The van der Waals surface area contributed by atoms with Gasteiger partial charge in [-0.05, 0) is 74.2 Å². The maximum absolute atomic E-state index is 13.7. The van der Waals surface area contributed by atoms with E-state index in [1.54, 1.807) is 18.2 Å². The molecule has 4 rings (SSSR count). The molecule has 0 unspecified atom stereocenters. The SMILES string of the molecule is C[C@H]1[C@H]2Cc3ccc(O)cc3[C@]1(CCNC(=O)Nc1ccccc1F)CCN2C. The van der Waals surface area contributed by atoms with Crippen molar-refractivity contribution in [2.24, 2.45) is 5.92 Å². The van der Waals surface area contributed by atoms with Gasteiger partial charge in [0, 0.05) is 18.0 Å². The van der Waals surface area contributed by atoms with Gasteiger partial charge in [-0.25, -0.2) is 9.18 Å². The Kier molecular flexibility index (Phi) is 5.21. The molecule has 1 saturated heterocycles. The Balaban J connectivity index is 1.50. The third-order valence-electron chi connectivity index (χ3n) is 6.96. The molecule has 1 aliphatic heterocycles. The second-order valence-electron chi connectivity index (χ2n) is 8.40. The number of rotatable bonds is 4. The molecule has 2 amide bonds. The molecule has 3 atom stereocenters. The van der Waals surface area contributed by atoms with Crippen LogP contribution < -0.4 is 10.6 Å². The van der Waals surface area contributed by atoms with Crippen LogP contribution in [0.1, 0.15) is 30.9 Å². The number of nitrogens with zero attached hydrogens (tertiary/aromatic N) is 1. The van der Waals surface area contributed by atoms with Crippen molar-refractivity contribution in [2.45, 2.75) is 37.6 Å². The second-order valence-corrected chi connectivity index (χ2v) is 8.40. The number of aromatic hydroxyl groups is 1. The molecule has 29 heavy (non-hydrogen) atoms. The standard InChI is InChI=1S/C23H28FN3O2/c1-15-21-13-16-7-8-17(28)14-18(16)23(15,10-12-27(21)2)9-11-25-22(29)26-20-6-4-3-5-19(20)24/h3-8,14-15,21,28H,9-13H2,1-2H3,(H2,25,26,29)/t15-,21+,23+/m0/s1. The topological polar surface area (TPSA) is 64.6 Å². The number of phenolic OH excluding ortho intramolecular Hbond substituents is 1. The Bertz CT molecular complexity index is 919. The van der Waals surface area contributed by atoms with E-state index in [2.05, 4.69) is 29.5 Å². The lowest BCUT2D eigenvalue weighted by molar-refractivity contribution is 0.0364. The van der Waals surface area contributed by atoms with E-state index in [9.17, 15) is 14.3 Å². The number of para-hydroxylation sites is 1. The van der Waals surface area contributed by atoms with E-state index >= 15 is 0 Å². The monoisotopic (exact) mass is 397 g/mol. The number of likely N-dealkylation sites (tertiary alicyclic amines) is 1. The van der Waals surface area contributed by atoms with Crippen LogP contribution in [0.2, 0.25) is 0 Å². The fraction of sp³-hybridized carbons (Fsp3) is 0.435. The van der Waals surface area contributed by atoms with E-state index in [1.807, 2.05) is 12.1 Å². The lowest BCUT2D eigenvalue weighted by Gasteiger charge is -2.55. The molecule has 0 radical (unpaired) electrons. The average Bonchev–Trinajstić information content (AvgIpc) is 2.69. The minimum atomic E-state index is -0.454. The minimum absolute atomic E-state index is 0.0885. The van der Waals surface area contributed by atoms with Crippen LogP contribution in [0.15, 0.2) is 42.5 Å². The fourth-order valence-corrected chi connectivity index (χ4v) is 5.28. The smallest absolute Gasteiger partial charge is 0.319 e. The van der Waals surface area contributed by atoms with Gasteiger partial charge in [0.05, 0.1) is 5.69 Å². The van der Waals surface area contributed by atoms with Crippen molar-refractivity contribution in [1.82, 2.24) is 10.2 Å². The van der Waals surface area contributed by atoms with E-state index in [0.29, 0.717) is 18.5 Å². The summed E-state index contributed by atoms with van der Waals surface area (Å²) < 4.78 is 13.7. The number of phenols is 1. The Morgan fingerprint density at radius 2 is 2.10 bits per heavy atom. The van der Waals surface area contributed by atoms with Gasteiger partial charge < -0.3 is 20.6 Å². The van der Waals surface area contributed by atoms with Gasteiger partial charge in [-0.3, -0.25) is 0 Å². The first-order valence-corrected chi connectivity index (χ1v) is 10.2. The predicted octanol–water partition coefficient (Wildman–Crippen LogP) is 3.88. The van der Waals surface area contributed by atoms with Crippen LogP contribution in [0.5, 0.6) is 5.75 Å². The number of fused-ring (bicyclic) bond motifs is 4. The molecular weight excluding hydrogens is 369 g/mol. The Morgan fingerprint density at radius 3 is 2.90 bits per heavy atom. The van der Waals surface area contributed by atoms with E-state index in [4.69, 9.17) is 0 Å². The summed E-state index contributed by atoms with van der Waals surface area (Å²) in [5.41, 5.74) is 2.58. The van der Waals surface area contributed by atoms with E-state index in [0.717, 1.165) is 25.8 Å². The molecule has 1 heterocycles. The van der Waals surface area contributed by atoms with Crippen molar-refractivity contribution in [3.8, 4) is 5.75 Å². The fourth-order valence-electron chi connectivity index (χ4n) is 5.28. The highest BCUT2D eigenvalue weighted by molar-refractivity contribution is 5.89. The Morgan fingerprint density at radius 1 is 1.31 bits per heavy atom. The minimum Gasteiger partial charge on any atom is -0.508 e. The molecule has 6 heteroatoms. The number of carbonyl (C=O) groups is 1. The first-order chi connectivity index (χ1) is 13.9. The quantitative estimate of drug-likeness (QED) is 0.734. The normalized spacial score (nSPS) is 25.9. The average molecular weight is 397 g/mol. The summed E-state index contributed by atoms with van der Waals surface area (Å²) in [6, 6.07) is 11.9. The first-order valence-electron chi connectivity index (χ1n) is 10.2. The number of benzene rings is 2. The molecule has 1 fully saturated rings. The first kappa shape index (κ1) is 19.7. The zero-order chi connectivity index (χ0) is 20.6. The number of amides is 2. The lowest BCUT2D eigenvalue weighted by atomic mass is 9.56.